The molecule has 0 aliphatic rings. The van der Waals surface area contributed by atoms with Crippen LogP contribution in [0.2, 0.25) is 0 Å². The summed E-state index contributed by atoms with van der Waals surface area (Å²) in [6.45, 7) is 2.95. The van der Waals surface area contributed by atoms with E-state index in [0.29, 0.717) is 0 Å². The van der Waals surface area contributed by atoms with Crippen LogP contribution in [0.5, 0.6) is 0 Å². The molecule has 110 valence electrons. The van der Waals surface area contributed by atoms with Crippen LogP contribution in [0.15, 0.2) is 42.2 Å². The lowest BCUT2D eigenvalue weighted by Gasteiger charge is -2.06. The lowest BCUT2D eigenvalue weighted by molar-refractivity contribution is 1.01. The van der Waals surface area contributed by atoms with Crippen LogP contribution >= 0.6 is 11.3 Å². The summed E-state index contributed by atoms with van der Waals surface area (Å²) in [5.74, 6) is 0.934. The van der Waals surface area contributed by atoms with Gasteiger partial charge in [0.2, 0.25) is 0 Å². The minimum absolute atomic E-state index is 0.850. The second kappa shape index (κ2) is 5.42. The number of aryl methyl sites for hydroxylation is 1. The average molecular weight is 308 g/mol. The number of rotatable bonds is 4. The van der Waals surface area contributed by atoms with Crippen molar-refractivity contribution in [3.8, 4) is 0 Å². The number of aromatic amines is 1. The van der Waals surface area contributed by atoms with Crippen molar-refractivity contribution in [3.05, 3.63) is 53.3 Å². The second-order valence-corrected chi connectivity index (χ2v) is 6.22. The van der Waals surface area contributed by atoms with Crippen LogP contribution in [-0.2, 0) is 6.42 Å². The first-order valence-corrected chi connectivity index (χ1v) is 8.18. The van der Waals surface area contributed by atoms with Gasteiger partial charge in [0.1, 0.15) is 17.0 Å². The third-order valence-electron chi connectivity index (χ3n) is 3.92. The van der Waals surface area contributed by atoms with Crippen molar-refractivity contribution in [2.24, 2.45) is 0 Å². The monoisotopic (exact) mass is 308 g/mol. The van der Waals surface area contributed by atoms with E-state index in [1.165, 1.54) is 22.0 Å². The number of aromatic nitrogens is 3. The molecular formula is C17H16N4S. The van der Waals surface area contributed by atoms with Gasteiger partial charge < -0.3 is 10.3 Å². The number of anilines is 1. The molecule has 2 N–H and O–H groups in total. The molecule has 4 rings (SSSR count). The molecule has 4 aromatic rings. The molecule has 4 nitrogen and oxygen atoms in total. The fraction of sp³-hybridized carbons (Fsp3) is 0.176. The molecule has 0 bridgehead atoms. The van der Waals surface area contributed by atoms with Crippen molar-refractivity contribution in [1.82, 2.24) is 15.0 Å². The number of benzene rings is 1. The molecule has 0 saturated heterocycles. The van der Waals surface area contributed by atoms with Gasteiger partial charge in [-0.15, -0.1) is 11.3 Å². The molecule has 0 aliphatic carbocycles. The largest absolute Gasteiger partial charge is 0.369 e. The minimum Gasteiger partial charge on any atom is -0.369 e. The van der Waals surface area contributed by atoms with Crippen molar-refractivity contribution in [2.45, 2.75) is 13.3 Å². The van der Waals surface area contributed by atoms with Crippen molar-refractivity contribution < 1.29 is 0 Å². The summed E-state index contributed by atoms with van der Waals surface area (Å²) in [7, 11) is 0. The highest BCUT2D eigenvalue weighted by atomic mass is 32.1. The Labute approximate surface area is 132 Å². The number of H-pyrrole nitrogens is 1. The maximum Gasteiger partial charge on any atom is 0.138 e. The van der Waals surface area contributed by atoms with Gasteiger partial charge in [-0.1, -0.05) is 18.2 Å². The van der Waals surface area contributed by atoms with Gasteiger partial charge in [-0.3, -0.25) is 0 Å². The van der Waals surface area contributed by atoms with Crippen molar-refractivity contribution >= 4 is 38.3 Å². The first kappa shape index (κ1) is 13.3. The summed E-state index contributed by atoms with van der Waals surface area (Å²) < 4.78 is 0. The molecule has 5 heteroatoms. The standard InChI is InChI=1S/C17H16N4S/c1-11-9-22-17-15(11)16(20-10-21-17)18-7-6-12-8-19-14-5-3-2-4-13(12)14/h2-5,8-10,19H,6-7H2,1H3,(H,18,20,21). The van der Waals surface area contributed by atoms with Gasteiger partial charge in [-0.25, -0.2) is 9.97 Å². The van der Waals surface area contributed by atoms with E-state index in [4.69, 9.17) is 0 Å². The molecule has 0 atom stereocenters. The summed E-state index contributed by atoms with van der Waals surface area (Å²) >= 11 is 1.67. The van der Waals surface area contributed by atoms with E-state index in [9.17, 15) is 0 Å². The van der Waals surface area contributed by atoms with E-state index < -0.39 is 0 Å². The highest BCUT2D eigenvalue weighted by molar-refractivity contribution is 7.17. The summed E-state index contributed by atoms with van der Waals surface area (Å²) in [4.78, 5) is 13.1. The average Bonchev–Trinajstić information content (AvgIpc) is 3.13. The van der Waals surface area contributed by atoms with Gasteiger partial charge in [0.25, 0.3) is 0 Å². The Hall–Kier alpha value is -2.40. The van der Waals surface area contributed by atoms with Crippen molar-refractivity contribution in [1.29, 1.82) is 0 Å². The van der Waals surface area contributed by atoms with E-state index >= 15 is 0 Å². The lowest BCUT2D eigenvalue weighted by atomic mass is 10.1. The quantitative estimate of drug-likeness (QED) is 0.596. The number of nitrogens with zero attached hydrogens (tertiary/aromatic N) is 2. The van der Waals surface area contributed by atoms with Gasteiger partial charge in [0.15, 0.2) is 0 Å². The van der Waals surface area contributed by atoms with E-state index in [0.717, 1.165) is 29.0 Å². The first-order valence-electron chi connectivity index (χ1n) is 7.30. The van der Waals surface area contributed by atoms with E-state index in [2.05, 4.69) is 63.0 Å². The zero-order valence-corrected chi connectivity index (χ0v) is 13.1. The van der Waals surface area contributed by atoms with Crippen LogP contribution < -0.4 is 5.32 Å². The number of thiophene rings is 1. The number of hydrogen-bond donors (Lipinski definition) is 2. The molecular weight excluding hydrogens is 292 g/mol. The number of hydrogen-bond acceptors (Lipinski definition) is 4. The minimum atomic E-state index is 0.850. The zero-order valence-electron chi connectivity index (χ0n) is 12.3. The normalized spacial score (nSPS) is 11.3. The maximum atomic E-state index is 4.40. The highest BCUT2D eigenvalue weighted by Crippen LogP contribution is 2.28. The Morgan fingerprint density at radius 1 is 1.23 bits per heavy atom. The predicted octanol–water partition coefficient (Wildman–Crippen LogP) is 4.14. The van der Waals surface area contributed by atoms with Crippen LogP contribution in [-0.4, -0.2) is 21.5 Å². The van der Waals surface area contributed by atoms with Gasteiger partial charge in [0.05, 0.1) is 5.39 Å². The van der Waals surface area contributed by atoms with Gasteiger partial charge >= 0.3 is 0 Å². The maximum absolute atomic E-state index is 4.40. The van der Waals surface area contributed by atoms with Crippen molar-refractivity contribution in [2.75, 3.05) is 11.9 Å². The zero-order chi connectivity index (χ0) is 14.9. The lowest BCUT2D eigenvalue weighted by Crippen LogP contribution is -2.06. The summed E-state index contributed by atoms with van der Waals surface area (Å²) in [5, 5.41) is 8.03. The van der Waals surface area contributed by atoms with Crippen LogP contribution in [0.3, 0.4) is 0 Å². The third kappa shape index (κ3) is 2.23. The number of nitrogens with one attached hydrogen (secondary N) is 2. The molecule has 0 unspecified atom stereocenters. The smallest absolute Gasteiger partial charge is 0.138 e. The summed E-state index contributed by atoms with van der Waals surface area (Å²) in [6, 6.07) is 8.40. The summed E-state index contributed by atoms with van der Waals surface area (Å²) in [6.07, 6.45) is 4.68. The van der Waals surface area contributed by atoms with Crippen LogP contribution in [0.4, 0.5) is 5.82 Å². The van der Waals surface area contributed by atoms with E-state index in [1.807, 2.05) is 0 Å². The van der Waals surface area contributed by atoms with Crippen molar-refractivity contribution in [3.63, 3.8) is 0 Å². The fourth-order valence-corrected chi connectivity index (χ4v) is 3.70. The van der Waals surface area contributed by atoms with E-state index in [1.54, 1.807) is 17.7 Å². The molecule has 0 radical (unpaired) electrons. The molecule has 3 heterocycles. The SMILES string of the molecule is Cc1csc2ncnc(NCCc3c[nH]c4ccccc34)c12. The molecule has 0 aliphatic heterocycles. The topological polar surface area (TPSA) is 53.6 Å². The Kier molecular flexibility index (Phi) is 3.27. The molecule has 22 heavy (non-hydrogen) atoms. The first-order chi connectivity index (χ1) is 10.8. The highest BCUT2D eigenvalue weighted by Gasteiger charge is 2.08. The molecule has 3 aromatic heterocycles. The predicted molar refractivity (Wildman–Crippen MR) is 92.6 cm³/mol. The Bertz CT molecular complexity index is 938. The Balaban J connectivity index is 1.54. The van der Waals surface area contributed by atoms with Gasteiger partial charge in [-0.2, -0.15) is 0 Å². The van der Waals surface area contributed by atoms with Crippen LogP contribution in [0.1, 0.15) is 11.1 Å². The van der Waals surface area contributed by atoms with E-state index in [-0.39, 0.29) is 0 Å². The molecule has 1 aromatic carbocycles. The second-order valence-electron chi connectivity index (χ2n) is 5.36. The van der Waals surface area contributed by atoms with Gasteiger partial charge in [0, 0.05) is 23.6 Å². The molecule has 0 amide bonds. The third-order valence-corrected chi connectivity index (χ3v) is 4.92. The Morgan fingerprint density at radius 2 is 2.14 bits per heavy atom. The fourth-order valence-electron chi connectivity index (χ4n) is 2.81. The molecule has 0 spiro atoms. The van der Waals surface area contributed by atoms with Crippen LogP contribution in [0, 0.1) is 6.92 Å². The Morgan fingerprint density at radius 3 is 3.09 bits per heavy atom. The molecule has 0 fully saturated rings. The van der Waals surface area contributed by atoms with Gasteiger partial charge in [-0.05, 0) is 35.9 Å². The van der Waals surface area contributed by atoms with Crippen LogP contribution in [0.25, 0.3) is 21.1 Å². The number of para-hydroxylation sites is 1. The molecule has 0 saturated carbocycles. The summed E-state index contributed by atoms with van der Waals surface area (Å²) in [5.41, 5.74) is 3.75. The number of fused-ring (bicyclic) bond motifs is 2.